The van der Waals surface area contributed by atoms with Crippen LogP contribution in [-0.4, -0.2) is 54.6 Å². The number of nitrogens with one attached hydrogen (secondary N) is 2. The number of aromatic hydroxyl groups is 1. The van der Waals surface area contributed by atoms with Gasteiger partial charge in [0.1, 0.15) is 5.75 Å². The first-order valence-electron chi connectivity index (χ1n) is 10.2. The lowest BCUT2D eigenvalue weighted by atomic mass is 10.1. The quantitative estimate of drug-likeness (QED) is 0.243. The van der Waals surface area contributed by atoms with Crippen molar-refractivity contribution in [3.63, 3.8) is 0 Å². The minimum Gasteiger partial charge on any atom is -0.508 e. The van der Waals surface area contributed by atoms with Crippen LogP contribution in [0.1, 0.15) is 44.1 Å². The van der Waals surface area contributed by atoms with E-state index in [9.17, 15) is 9.90 Å². The molecule has 28 heavy (non-hydrogen) atoms. The van der Waals surface area contributed by atoms with Crippen molar-refractivity contribution in [2.75, 3.05) is 26.7 Å². The third-order valence-corrected chi connectivity index (χ3v) is 5.64. The van der Waals surface area contributed by atoms with Crippen LogP contribution in [0.5, 0.6) is 5.75 Å². The highest BCUT2D eigenvalue weighted by molar-refractivity contribution is 14.0. The zero-order valence-corrected chi connectivity index (χ0v) is 19.0. The zero-order chi connectivity index (χ0) is 19.1. The number of carbonyl (C=O) groups is 1. The van der Waals surface area contributed by atoms with Crippen molar-refractivity contribution in [3.8, 4) is 5.75 Å². The summed E-state index contributed by atoms with van der Waals surface area (Å²) in [7, 11) is 1.78. The lowest BCUT2D eigenvalue weighted by Gasteiger charge is -2.21. The predicted molar refractivity (Wildman–Crippen MR) is 123 cm³/mol. The van der Waals surface area contributed by atoms with Crippen molar-refractivity contribution >= 4 is 35.8 Å². The summed E-state index contributed by atoms with van der Waals surface area (Å²) in [5, 5.41) is 16.1. The Labute approximate surface area is 185 Å². The van der Waals surface area contributed by atoms with Crippen LogP contribution in [-0.2, 0) is 11.2 Å². The Bertz CT molecular complexity index is 644. The van der Waals surface area contributed by atoms with Crippen molar-refractivity contribution in [2.24, 2.45) is 10.9 Å². The molecule has 3 N–H and O–H groups in total. The van der Waals surface area contributed by atoms with Gasteiger partial charge in [0.15, 0.2) is 5.96 Å². The van der Waals surface area contributed by atoms with Crippen molar-refractivity contribution in [3.05, 3.63) is 29.8 Å². The fourth-order valence-corrected chi connectivity index (χ4v) is 4.06. The second kappa shape index (κ2) is 11.5. The van der Waals surface area contributed by atoms with Gasteiger partial charge in [0.05, 0.1) is 0 Å². The Morgan fingerprint density at radius 2 is 1.93 bits per heavy atom. The maximum atomic E-state index is 12.6. The summed E-state index contributed by atoms with van der Waals surface area (Å²) in [4.78, 5) is 18.9. The number of likely N-dealkylation sites (tertiary alicyclic amines) is 1. The van der Waals surface area contributed by atoms with Gasteiger partial charge in [0.25, 0.3) is 0 Å². The molecule has 1 unspecified atom stereocenters. The first-order chi connectivity index (χ1) is 13.2. The van der Waals surface area contributed by atoms with Crippen molar-refractivity contribution in [1.29, 1.82) is 0 Å². The molecule has 0 bridgehead atoms. The molecule has 1 aromatic carbocycles. The monoisotopic (exact) mass is 500 g/mol. The van der Waals surface area contributed by atoms with Gasteiger partial charge in [-0.1, -0.05) is 25.0 Å². The molecule has 1 saturated carbocycles. The molecule has 6 nitrogen and oxygen atoms in total. The highest BCUT2D eigenvalue weighted by Crippen LogP contribution is 2.27. The number of halogens is 1. The van der Waals surface area contributed by atoms with E-state index in [0.29, 0.717) is 11.7 Å². The maximum Gasteiger partial charge on any atom is 0.225 e. The third kappa shape index (κ3) is 6.53. The number of aliphatic imine (C=N–C) groups is 1. The van der Waals surface area contributed by atoms with Gasteiger partial charge in [-0.3, -0.25) is 9.79 Å². The van der Waals surface area contributed by atoms with Gasteiger partial charge < -0.3 is 20.6 Å². The molecule has 7 heteroatoms. The number of phenols is 1. The largest absolute Gasteiger partial charge is 0.508 e. The Morgan fingerprint density at radius 3 is 2.61 bits per heavy atom. The van der Waals surface area contributed by atoms with E-state index in [1.807, 2.05) is 17.0 Å². The molecule has 1 heterocycles. The average Bonchev–Trinajstić information content (AvgIpc) is 3.37. The molecule has 2 aliphatic rings. The molecule has 156 valence electrons. The topological polar surface area (TPSA) is 77.0 Å². The van der Waals surface area contributed by atoms with Crippen LogP contribution in [0.25, 0.3) is 0 Å². The standard InChI is InChI=1S/C21H32N4O2.HI/c1-22-21(23-13-4-5-16-8-10-19(26)11-9-16)24-18-12-14-25(15-18)20(27)17-6-2-3-7-17;/h8-11,17-18,26H,2-7,12-15H2,1H3,(H2,22,23,24);1H. The number of aryl methyl sites for hydroxylation is 1. The van der Waals surface area contributed by atoms with Crippen LogP contribution in [0.2, 0.25) is 0 Å². The number of hydrogen-bond acceptors (Lipinski definition) is 3. The molecule has 0 aromatic heterocycles. The fourth-order valence-electron chi connectivity index (χ4n) is 4.06. The van der Waals surface area contributed by atoms with Gasteiger partial charge in [-0.15, -0.1) is 24.0 Å². The fraction of sp³-hybridized carbons (Fsp3) is 0.619. The highest BCUT2D eigenvalue weighted by Gasteiger charge is 2.32. The van der Waals surface area contributed by atoms with E-state index in [2.05, 4.69) is 15.6 Å². The van der Waals surface area contributed by atoms with E-state index in [0.717, 1.165) is 57.7 Å². The van der Waals surface area contributed by atoms with Gasteiger partial charge in [-0.2, -0.15) is 0 Å². The minimum atomic E-state index is 0. The Hall–Kier alpha value is -1.51. The molecule has 3 rings (SSSR count). The van der Waals surface area contributed by atoms with Crippen LogP contribution < -0.4 is 10.6 Å². The normalized spacial score (nSPS) is 20.1. The van der Waals surface area contributed by atoms with Crippen molar-refractivity contribution in [2.45, 2.75) is 51.0 Å². The summed E-state index contributed by atoms with van der Waals surface area (Å²) in [6.45, 7) is 2.46. The van der Waals surface area contributed by atoms with Gasteiger partial charge in [-0.25, -0.2) is 0 Å². The van der Waals surface area contributed by atoms with Gasteiger partial charge >= 0.3 is 0 Å². The number of rotatable bonds is 6. The molecular formula is C21H33IN4O2. The van der Waals surface area contributed by atoms with Crippen LogP contribution in [0.15, 0.2) is 29.3 Å². The number of amides is 1. The van der Waals surface area contributed by atoms with Crippen LogP contribution >= 0.6 is 24.0 Å². The molecule has 1 aromatic rings. The minimum absolute atomic E-state index is 0. The number of carbonyl (C=O) groups excluding carboxylic acids is 1. The number of nitrogens with zero attached hydrogens (tertiary/aromatic N) is 2. The molecule has 0 radical (unpaired) electrons. The van der Waals surface area contributed by atoms with E-state index >= 15 is 0 Å². The first kappa shape index (κ1) is 22.8. The molecule has 2 fully saturated rings. The van der Waals surface area contributed by atoms with E-state index in [1.165, 1.54) is 18.4 Å². The third-order valence-electron chi connectivity index (χ3n) is 5.64. The van der Waals surface area contributed by atoms with Gasteiger partial charge in [0.2, 0.25) is 5.91 Å². The molecule has 1 aliphatic heterocycles. The van der Waals surface area contributed by atoms with Crippen LogP contribution in [0.4, 0.5) is 0 Å². The SMILES string of the molecule is CN=C(NCCCc1ccc(O)cc1)NC1CCN(C(=O)C2CCCC2)C1.I. The molecule has 1 aliphatic carbocycles. The molecular weight excluding hydrogens is 467 g/mol. The van der Waals surface area contributed by atoms with E-state index in [-0.39, 0.29) is 35.9 Å². The van der Waals surface area contributed by atoms with Crippen LogP contribution in [0, 0.1) is 5.92 Å². The summed E-state index contributed by atoms with van der Waals surface area (Å²) in [6, 6.07) is 7.64. The number of phenolic OH excluding ortho intramolecular Hbond substituents is 1. The maximum absolute atomic E-state index is 12.6. The summed E-state index contributed by atoms with van der Waals surface area (Å²) in [6.07, 6.45) is 7.46. The summed E-state index contributed by atoms with van der Waals surface area (Å²) in [5.74, 6) is 1.73. The van der Waals surface area contributed by atoms with E-state index in [4.69, 9.17) is 0 Å². The van der Waals surface area contributed by atoms with Crippen molar-refractivity contribution < 1.29 is 9.90 Å². The Kier molecular flexibility index (Phi) is 9.34. The predicted octanol–water partition coefficient (Wildman–Crippen LogP) is 2.90. The summed E-state index contributed by atoms with van der Waals surface area (Å²) >= 11 is 0. The summed E-state index contributed by atoms with van der Waals surface area (Å²) < 4.78 is 0. The van der Waals surface area contributed by atoms with Crippen molar-refractivity contribution in [1.82, 2.24) is 15.5 Å². The van der Waals surface area contributed by atoms with E-state index in [1.54, 1.807) is 19.2 Å². The summed E-state index contributed by atoms with van der Waals surface area (Å²) in [5.41, 5.74) is 1.22. The second-order valence-electron chi connectivity index (χ2n) is 7.66. The average molecular weight is 500 g/mol. The number of guanidine groups is 1. The van der Waals surface area contributed by atoms with E-state index < -0.39 is 0 Å². The van der Waals surface area contributed by atoms with Gasteiger partial charge in [-0.05, 0) is 49.8 Å². The second-order valence-corrected chi connectivity index (χ2v) is 7.66. The number of hydrogen-bond donors (Lipinski definition) is 3. The lowest BCUT2D eigenvalue weighted by molar-refractivity contribution is -0.134. The lowest BCUT2D eigenvalue weighted by Crippen LogP contribution is -2.45. The van der Waals surface area contributed by atoms with Gasteiger partial charge in [0, 0.05) is 38.6 Å². The Balaban J connectivity index is 0.00000280. The van der Waals surface area contributed by atoms with Crippen LogP contribution in [0.3, 0.4) is 0 Å². The smallest absolute Gasteiger partial charge is 0.225 e. The molecule has 1 saturated heterocycles. The highest BCUT2D eigenvalue weighted by atomic mass is 127. The Morgan fingerprint density at radius 1 is 1.21 bits per heavy atom. The zero-order valence-electron chi connectivity index (χ0n) is 16.7. The molecule has 0 spiro atoms. The first-order valence-corrected chi connectivity index (χ1v) is 10.2. The number of benzene rings is 1. The molecule has 1 atom stereocenters. The molecule has 1 amide bonds.